The summed E-state index contributed by atoms with van der Waals surface area (Å²) in [5.41, 5.74) is 9.17. The number of amides is 1. The molecule has 3 rings (SSSR count). The predicted molar refractivity (Wildman–Crippen MR) is 72.6 cm³/mol. The summed E-state index contributed by atoms with van der Waals surface area (Å²) < 4.78 is 0. The van der Waals surface area contributed by atoms with Crippen molar-refractivity contribution in [2.75, 3.05) is 11.1 Å². The molecule has 3 heterocycles. The Bertz CT molecular complexity index is 639. The van der Waals surface area contributed by atoms with Crippen molar-refractivity contribution in [1.82, 2.24) is 9.97 Å². The summed E-state index contributed by atoms with van der Waals surface area (Å²) in [6, 6.07) is 5.68. The van der Waals surface area contributed by atoms with Crippen LogP contribution >= 0.6 is 0 Å². The minimum atomic E-state index is -0.0875. The van der Waals surface area contributed by atoms with Crippen molar-refractivity contribution in [2.45, 2.75) is 19.3 Å². The van der Waals surface area contributed by atoms with Gasteiger partial charge in [0, 0.05) is 11.9 Å². The zero-order chi connectivity index (χ0) is 13.2. The number of hydrogen-bond acceptors (Lipinski definition) is 4. The van der Waals surface area contributed by atoms with Crippen LogP contribution in [0.25, 0.3) is 0 Å². The molecule has 5 heteroatoms. The predicted octanol–water partition coefficient (Wildman–Crippen LogP) is 1.34. The fraction of sp³-hybridized carbons (Fsp3) is 0.214. The Labute approximate surface area is 110 Å². The molecule has 1 aliphatic rings. The second-order valence-electron chi connectivity index (χ2n) is 4.61. The van der Waals surface area contributed by atoms with Crippen molar-refractivity contribution in [3.8, 4) is 0 Å². The van der Waals surface area contributed by atoms with E-state index in [0.717, 1.165) is 29.7 Å². The van der Waals surface area contributed by atoms with E-state index in [2.05, 4.69) is 15.3 Å². The van der Waals surface area contributed by atoms with Gasteiger partial charge >= 0.3 is 0 Å². The zero-order valence-electron chi connectivity index (χ0n) is 10.4. The van der Waals surface area contributed by atoms with Crippen molar-refractivity contribution in [2.24, 2.45) is 0 Å². The van der Waals surface area contributed by atoms with Crippen LogP contribution in [0.2, 0.25) is 0 Å². The lowest BCUT2D eigenvalue weighted by molar-refractivity contribution is -0.115. The fourth-order valence-corrected chi connectivity index (χ4v) is 2.29. The number of aromatic nitrogens is 2. The maximum absolute atomic E-state index is 12.0. The molecule has 5 nitrogen and oxygen atoms in total. The van der Waals surface area contributed by atoms with E-state index in [1.165, 1.54) is 0 Å². The van der Waals surface area contributed by atoms with Gasteiger partial charge in [0.25, 0.3) is 0 Å². The number of pyridine rings is 2. The third-order valence-electron chi connectivity index (χ3n) is 3.21. The van der Waals surface area contributed by atoms with Crippen LogP contribution < -0.4 is 11.1 Å². The quantitative estimate of drug-likeness (QED) is 0.743. The van der Waals surface area contributed by atoms with Crippen LogP contribution in [0.3, 0.4) is 0 Å². The molecule has 1 amide bonds. The Morgan fingerprint density at radius 1 is 1.21 bits per heavy atom. The maximum Gasteiger partial charge on any atom is 0.230 e. The molecule has 96 valence electrons. The maximum atomic E-state index is 12.0. The van der Waals surface area contributed by atoms with Gasteiger partial charge in [0.15, 0.2) is 0 Å². The van der Waals surface area contributed by atoms with Crippen LogP contribution in [-0.4, -0.2) is 15.9 Å². The number of aryl methyl sites for hydroxylation is 2. The Balaban J connectivity index is 2.02. The Kier molecular flexibility index (Phi) is 2.87. The van der Waals surface area contributed by atoms with Crippen LogP contribution in [0.15, 0.2) is 30.6 Å². The molecule has 0 saturated heterocycles. The molecule has 0 saturated carbocycles. The number of carbonyl (C=O) groups excluding carboxylic acids is 1. The summed E-state index contributed by atoms with van der Waals surface area (Å²) in [6.07, 6.45) is 5.18. The van der Waals surface area contributed by atoms with Gasteiger partial charge in [0.1, 0.15) is 5.82 Å². The highest BCUT2D eigenvalue weighted by atomic mass is 16.1. The van der Waals surface area contributed by atoms with Crippen molar-refractivity contribution in [3.63, 3.8) is 0 Å². The number of nitrogen functional groups attached to an aromatic ring is 1. The molecule has 0 radical (unpaired) electrons. The average Bonchev–Trinajstić information content (AvgIpc) is 2.45. The van der Waals surface area contributed by atoms with Crippen molar-refractivity contribution >= 4 is 17.4 Å². The van der Waals surface area contributed by atoms with Gasteiger partial charge in [-0.1, -0.05) is 6.07 Å². The van der Waals surface area contributed by atoms with Gasteiger partial charge in [-0.2, -0.15) is 0 Å². The number of fused-ring (bicyclic) bond motifs is 2. The van der Waals surface area contributed by atoms with Crippen LogP contribution in [0.4, 0.5) is 11.5 Å². The zero-order valence-corrected chi connectivity index (χ0v) is 10.4. The normalized spacial score (nSPS) is 14.4. The van der Waals surface area contributed by atoms with E-state index in [9.17, 15) is 4.79 Å². The standard InChI is InChI=1S/C14H14N4O/c15-11-6-10-7-13(19)18-14-9(2-1-5-16-14)3-4-12(10)17-8-11/h1-2,5-6,8H,3-4,7,15H2,(H,16,18,19). The molecule has 0 aliphatic carbocycles. The average molecular weight is 254 g/mol. The van der Waals surface area contributed by atoms with E-state index in [1.54, 1.807) is 12.4 Å². The minimum absolute atomic E-state index is 0.0875. The largest absolute Gasteiger partial charge is 0.397 e. The van der Waals surface area contributed by atoms with E-state index < -0.39 is 0 Å². The molecular weight excluding hydrogens is 240 g/mol. The van der Waals surface area contributed by atoms with Gasteiger partial charge in [0.2, 0.25) is 5.91 Å². The topological polar surface area (TPSA) is 80.9 Å². The highest BCUT2D eigenvalue weighted by Gasteiger charge is 2.15. The molecular formula is C14H14N4O. The third kappa shape index (κ3) is 2.40. The van der Waals surface area contributed by atoms with E-state index in [-0.39, 0.29) is 12.3 Å². The number of nitrogens with one attached hydrogen (secondary N) is 1. The Morgan fingerprint density at radius 2 is 2.11 bits per heavy atom. The minimum Gasteiger partial charge on any atom is -0.397 e. The van der Waals surface area contributed by atoms with E-state index in [1.807, 2.05) is 18.2 Å². The summed E-state index contributed by atoms with van der Waals surface area (Å²) in [6.45, 7) is 0. The molecule has 1 aliphatic heterocycles. The van der Waals surface area contributed by atoms with Crippen LogP contribution in [-0.2, 0) is 24.1 Å². The first-order valence-electron chi connectivity index (χ1n) is 6.19. The molecule has 0 spiro atoms. The number of hydrogen-bond donors (Lipinski definition) is 2. The molecule has 2 aromatic heterocycles. The smallest absolute Gasteiger partial charge is 0.230 e. The number of rotatable bonds is 0. The second kappa shape index (κ2) is 4.68. The highest BCUT2D eigenvalue weighted by Crippen LogP contribution is 2.20. The monoisotopic (exact) mass is 254 g/mol. The molecule has 2 aromatic rings. The summed E-state index contributed by atoms with van der Waals surface area (Å²) >= 11 is 0. The summed E-state index contributed by atoms with van der Waals surface area (Å²) in [5, 5.41) is 2.84. The third-order valence-corrected chi connectivity index (χ3v) is 3.21. The highest BCUT2D eigenvalue weighted by molar-refractivity contribution is 5.92. The number of nitrogens with two attached hydrogens (primary N) is 1. The van der Waals surface area contributed by atoms with Crippen LogP contribution in [0.1, 0.15) is 16.8 Å². The van der Waals surface area contributed by atoms with Gasteiger partial charge in [-0.05, 0) is 36.1 Å². The van der Waals surface area contributed by atoms with Crippen LogP contribution in [0, 0.1) is 0 Å². The molecule has 3 N–H and O–H groups in total. The molecule has 19 heavy (non-hydrogen) atoms. The lowest BCUT2D eigenvalue weighted by atomic mass is 10.0. The van der Waals surface area contributed by atoms with Gasteiger partial charge in [-0.25, -0.2) is 4.98 Å². The Morgan fingerprint density at radius 3 is 3.00 bits per heavy atom. The first kappa shape index (κ1) is 11.6. The van der Waals surface area contributed by atoms with Crippen molar-refractivity contribution in [3.05, 3.63) is 47.4 Å². The van der Waals surface area contributed by atoms with Crippen LogP contribution in [0.5, 0.6) is 0 Å². The Hall–Kier alpha value is -2.43. The number of carbonyl (C=O) groups is 1. The van der Waals surface area contributed by atoms with Gasteiger partial charge in [-0.15, -0.1) is 0 Å². The summed E-state index contributed by atoms with van der Waals surface area (Å²) in [5.74, 6) is 0.559. The van der Waals surface area contributed by atoms with Crippen molar-refractivity contribution < 1.29 is 4.79 Å². The van der Waals surface area contributed by atoms with E-state index in [4.69, 9.17) is 5.73 Å². The summed E-state index contributed by atoms with van der Waals surface area (Å²) in [7, 11) is 0. The van der Waals surface area contributed by atoms with E-state index >= 15 is 0 Å². The summed E-state index contributed by atoms with van der Waals surface area (Å²) in [4.78, 5) is 20.6. The molecule has 0 unspecified atom stereocenters. The molecule has 0 bridgehead atoms. The number of anilines is 2. The lowest BCUT2D eigenvalue weighted by Gasteiger charge is -2.06. The van der Waals surface area contributed by atoms with Crippen molar-refractivity contribution in [1.29, 1.82) is 0 Å². The van der Waals surface area contributed by atoms with Gasteiger partial charge in [0.05, 0.1) is 18.3 Å². The first-order chi connectivity index (χ1) is 9.22. The van der Waals surface area contributed by atoms with E-state index in [0.29, 0.717) is 11.5 Å². The SMILES string of the molecule is Nc1cnc2c(c1)CC(=O)Nc1ncccc1CC2. The lowest BCUT2D eigenvalue weighted by Crippen LogP contribution is -2.16. The fourth-order valence-electron chi connectivity index (χ4n) is 2.29. The molecule has 0 fully saturated rings. The number of nitrogens with zero attached hydrogens (tertiary/aromatic N) is 2. The van der Waals surface area contributed by atoms with Gasteiger partial charge in [-0.3, -0.25) is 9.78 Å². The molecule has 0 aromatic carbocycles. The second-order valence-corrected chi connectivity index (χ2v) is 4.61. The molecule has 0 atom stereocenters. The van der Waals surface area contributed by atoms with Gasteiger partial charge < -0.3 is 11.1 Å². The first-order valence-corrected chi connectivity index (χ1v) is 6.19.